The summed E-state index contributed by atoms with van der Waals surface area (Å²) in [7, 11) is 0. The molecule has 0 aliphatic carbocycles. The van der Waals surface area contributed by atoms with Crippen LogP contribution in [-0.4, -0.2) is 39.5 Å². The molecule has 132 valence electrons. The van der Waals surface area contributed by atoms with Gasteiger partial charge in [-0.2, -0.15) is 0 Å². The number of carboxylic acid groups (broad SMARTS) is 1. The molecule has 2 atom stereocenters. The third-order valence-corrected chi connectivity index (χ3v) is 5.58. The Labute approximate surface area is 151 Å². The van der Waals surface area contributed by atoms with Gasteiger partial charge in [0.15, 0.2) is 0 Å². The molecule has 3 rings (SSSR count). The first kappa shape index (κ1) is 17.6. The number of aromatic nitrogens is 1. The maximum absolute atomic E-state index is 12.6. The second-order valence-electron chi connectivity index (χ2n) is 6.58. The van der Waals surface area contributed by atoms with Gasteiger partial charge in [0.2, 0.25) is 5.91 Å². The number of carbonyl (C=O) groups is 2. The Bertz CT molecular complexity index is 744. The SMILES string of the molecule is C[C@H]1CC[C@@H](C(=O)O)CN1C(=O)Cc1csc(Cc2ccccc2)n1. The van der Waals surface area contributed by atoms with Crippen molar-refractivity contribution in [1.29, 1.82) is 0 Å². The van der Waals surface area contributed by atoms with Crippen LogP contribution in [0.3, 0.4) is 0 Å². The van der Waals surface area contributed by atoms with E-state index in [9.17, 15) is 14.7 Å². The lowest BCUT2D eigenvalue weighted by molar-refractivity contribution is -0.147. The highest BCUT2D eigenvalue weighted by Crippen LogP contribution is 2.23. The minimum atomic E-state index is -0.816. The molecule has 0 bridgehead atoms. The van der Waals surface area contributed by atoms with Crippen molar-refractivity contribution in [3.8, 4) is 0 Å². The van der Waals surface area contributed by atoms with E-state index in [1.165, 1.54) is 5.56 Å². The summed E-state index contributed by atoms with van der Waals surface area (Å²) in [5.74, 6) is -1.30. The first-order valence-electron chi connectivity index (χ1n) is 8.52. The van der Waals surface area contributed by atoms with Gasteiger partial charge in [0.05, 0.1) is 23.0 Å². The van der Waals surface area contributed by atoms with Crippen molar-refractivity contribution in [2.45, 2.75) is 38.6 Å². The minimum absolute atomic E-state index is 0.0324. The maximum atomic E-state index is 12.6. The van der Waals surface area contributed by atoms with E-state index in [1.54, 1.807) is 16.2 Å². The summed E-state index contributed by atoms with van der Waals surface area (Å²) in [6.45, 7) is 2.29. The molecule has 25 heavy (non-hydrogen) atoms. The van der Waals surface area contributed by atoms with Gasteiger partial charge in [0, 0.05) is 24.4 Å². The Kier molecular flexibility index (Phi) is 5.48. The number of aliphatic carboxylic acids is 1. The lowest BCUT2D eigenvalue weighted by Crippen LogP contribution is -2.47. The van der Waals surface area contributed by atoms with Gasteiger partial charge in [-0.1, -0.05) is 30.3 Å². The fraction of sp³-hybridized carbons (Fsp3) is 0.421. The van der Waals surface area contributed by atoms with Gasteiger partial charge < -0.3 is 10.0 Å². The van der Waals surface area contributed by atoms with Crippen molar-refractivity contribution in [2.75, 3.05) is 6.54 Å². The summed E-state index contributed by atoms with van der Waals surface area (Å²) < 4.78 is 0. The van der Waals surface area contributed by atoms with Gasteiger partial charge in [-0.15, -0.1) is 11.3 Å². The lowest BCUT2D eigenvalue weighted by atomic mass is 9.93. The van der Waals surface area contributed by atoms with E-state index < -0.39 is 11.9 Å². The topological polar surface area (TPSA) is 70.5 Å². The number of hydrogen-bond acceptors (Lipinski definition) is 4. The summed E-state index contributed by atoms with van der Waals surface area (Å²) in [5.41, 5.74) is 1.97. The molecular formula is C19H22N2O3S. The van der Waals surface area contributed by atoms with Crippen LogP contribution in [0.1, 0.15) is 36.0 Å². The van der Waals surface area contributed by atoms with Crippen molar-refractivity contribution in [2.24, 2.45) is 5.92 Å². The molecule has 1 aromatic heterocycles. The Morgan fingerprint density at radius 1 is 1.28 bits per heavy atom. The third kappa shape index (κ3) is 4.45. The van der Waals surface area contributed by atoms with Gasteiger partial charge in [0.1, 0.15) is 0 Å². The summed E-state index contributed by atoms with van der Waals surface area (Å²) in [4.78, 5) is 30.1. The maximum Gasteiger partial charge on any atom is 0.308 e. The Balaban J connectivity index is 1.62. The number of amides is 1. The van der Waals surface area contributed by atoms with Crippen LogP contribution in [0.15, 0.2) is 35.7 Å². The van der Waals surface area contributed by atoms with E-state index in [0.29, 0.717) is 13.0 Å². The van der Waals surface area contributed by atoms with Crippen molar-refractivity contribution < 1.29 is 14.7 Å². The highest BCUT2D eigenvalue weighted by Gasteiger charge is 2.32. The standard InChI is InChI=1S/C19H22N2O3S/c1-13-7-8-15(19(23)24)11-21(13)18(22)10-16-12-25-17(20-16)9-14-5-3-2-4-6-14/h2-6,12-13,15H,7-11H2,1H3,(H,23,24)/t13-,15+/m0/s1. The minimum Gasteiger partial charge on any atom is -0.481 e. The van der Waals surface area contributed by atoms with Crippen LogP contribution in [0.4, 0.5) is 0 Å². The van der Waals surface area contributed by atoms with E-state index in [1.807, 2.05) is 30.5 Å². The van der Waals surface area contributed by atoms with E-state index in [0.717, 1.165) is 23.5 Å². The fourth-order valence-electron chi connectivity index (χ4n) is 3.19. The number of rotatable bonds is 5. The molecule has 0 spiro atoms. The van der Waals surface area contributed by atoms with Gasteiger partial charge in [0.25, 0.3) is 0 Å². The van der Waals surface area contributed by atoms with Gasteiger partial charge in [-0.3, -0.25) is 9.59 Å². The number of hydrogen-bond donors (Lipinski definition) is 1. The molecular weight excluding hydrogens is 336 g/mol. The van der Waals surface area contributed by atoms with Crippen LogP contribution in [0.5, 0.6) is 0 Å². The number of nitrogens with zero attached hydrogens (tertiary/aromatic N) is 2. The molecule has 1 aromatic carbocycles. The number of benzene rings is 1. The molecule has 5 nitrogen and oxygen atoms in total. The average molecular weight is 358 g/mol. The molecule has 1 fully saturated rings. The van der Waals surface area contributed by atoms with Gasteiger partial charge in [-0.25, -0.2) is 4.98 Å². The molecule has 1 N–H and O–H groups in total. The smallest absolute Gasteiger partial charge is 0.308 e. The number of carboxylic acids is 1. The zero-order valence-electron chi connectivity index (χ0n) is 14.2. The van der Waals surface area contributed by atoms with Crippen LogP contribution in [0.25, 0.3) is 0 Å². The van der Waals surface area contributed by atoms with Crippen LogP contribution in [-0.2, 0) is 22.4 Å². The lowest BCUT2D eigenvalue weighted by Gasteiger charge is -2.36. The fourth-order valence-corrected chi connectivity index (χ4v) is 4.02. The monoisotopic (exact) mass is 358 g/mol. The molecule has 2 heterocycles. The Morgan fingerprint density at radius 3 is 2.76 bits per heavy atom. The second-order valence-corrected chi connectivity index (χ2v) is 7.52. The zero-order valence-corrected chi connectivity index (χ0v) is 15.0. The Morgan fingerprint density at radius 2 is 2.04 bits per heavy atom. The molecule has 1 aliphatic rings. The second kappa shape index (κ2) is 7.78. The number of carbonyl (C=O) groups excluding carboxylic acids is 1. The first-order valence-corrected chi connectivity index (χ1v) is 9.40. The van der Waals surface area contributed by atoms with E-state index >= 15 is 0 Å². The largest absolute Gasteiger partial charge is 0.481 e. The van der Waals surface area contributed by atoms with Gasteiger partial charge >= 0.3 is 5.97 Å². The summed E-state index contributed by atoms with van der Waals surface area (Å²) in [6.07, 6.45) is 2.38. The number of piperidine rings is 1. The van der Waals surface area contributed by atoms with E-state index in [4.69, 9.17) is 0 Å². The predicted octanol–water partition coefficient (Wildman–Crippen LogP) is 2.99. The van der Waals surface area contributed by atoms with Crippen molar-refractivity contribution in [3.63, 3.8) is 0 Å². The zero-order chi connectivity index (χ0) is 17.8. The predicted molar refractivity (Wildman–Crippen MR) is 96.6 cm³/mol. The molecule has 6 heteroatoms. The van der Waals surface area contributed by atoms with Crippen LogP contribution in [0.2, 0.25) is 0 Å². The summed E-state index contributed by atoms with van der Waals surface area (Å²) >= 11 is 1.56. The Hall–Kier alpha value is -2.21. The number of likely N-dealkylation sites (tertiary alicyclic amines) is 1. The normalized spacial score (nSPS) is 20.4. The van der Waals surface area contributed by atoms with Crippen molar-refractivity contribution in [1.82, 2.24) is 9.88 Å². The molecule has 2 aromatic rings. The van der Waals surface area contributed by atoms with Crippen molar-refractivity contribution in [3.05, 3.63) is 52.0 Å². The molecule has 0 saturated carbocycles. The summed E-state index contributed by atoms with van der Waals surface area (Å²) in [5, 5.41) is 12.1. The van der Waals surface area contributed by atoms with Gasteiger partial charge in [-0.05, 0) is 25.3 Å². The molecule has 0 radical (unpaired) electrons. The van der Waals surface area contributed by atoms with Crippen LogP contribution in [0, 0.1) is 5.92 Å². The highest BCUT2D eigenvalue weighted by atomic mass is 32.1. The van der Waals surface area contributed by atoms with E-state index in [2.05, 4.69) is 17.1 Å². The average Bonchev–Trinajstić information content (AvgIpc) is 3.02. The van der Waals surface area contributed by atoms with Crippen molar-refractivity contribution >= 4 is 23.2 Å². The van der Waals surface area contributed by atoms with Crippen LogP contribution >= 0.6 is 11.3 Å². The van der Waals surface area contributed by atoms with E-state index in [-0.39, 0.29) is 18.4 Å². The van der Waals surface area contributed by atoms with Crippen LogP contribution < -0.4 is 0 Å². The molecule has 1 saturated heterocycles. The third-order valence-electron chi connectivity index (χ3n) is 4.68. The molecule has 1 aliphatic heterocycles. The first-order chi connectivity index (χ1) is 12.0. The quantitative estimate of drug-likeness (QED) is 0.892. The molecule has 0 unspecified atom stereocenters. The summed E-state index contributed by atoms with van der Waals surface area (Å²) in [6, 6.07) is 10.2. The number of thiazole rings is 1. The highest BCUT2D eigenvalue weighted by molar-refractivity contribution is 7.09. The molecule has 1 amide bonds.